The molecule has 3 nitrogen and oxygen atoms in total. The third-order valence-electron chi connectivity index (χ3n) is 3.43. The highest BCUT2D eigenvalue weighted by Gasteiger charge is 2.27. The predicted molar refractivity (Wildman–Crippen MR) is 72.4 cm³/mol. The molecule has 0 amide bonds. The van der Waals surface area contributed by atoms with Gasteiger partial charge in [-0.05, 0) is 31.5 Å². The van der Waals surface area contributed by atoms with Gasteiger partial charge in [0.15, 0.2) is 6.29 Å². The van der Waals surface area contributed by atoms with Gasteiger partial charge in [0.2, 0.25) is 0 Å². The smallest absolute Gasteiger partial charge is 0.159 e. The van der Waals surface area contributed by atoms with Crippen molar-refractivity contribution in [2.24, 2.45) is 0 Å². The maximum atomic E-state index is 14.3. The van der Waals surface area contributed by atoms with Crippen LogP contribution in [0.4, 0.5) is 8.78 Å². The lowest BCUT2D eigenvalue weighted by Gasteiger charge is -2.23. The van der Waals surface area contributed by atoms with Crippen LogP contribution in [0.1, 0.15) is 36.9 Å². The molecule has 1 unspecified atom stereocenters. The van der Waals surface area contributed by atoms with Crippen molar-refractivity contribution in [1.82, 2.24) is 5.32 Å². The van der Waals surface area contributed by atoms with Gasteiger partial charge in [-0.15, -0.1) is 0 Å². The Kier molecular flexibility index (Phi) is 5.46. The summed E-state index contributed by atoms with van der Waals surface area (Å²) in [5.41, 5.74) is 0.524. The van der Waals surface area contributed by atoms with E-state index in [1.54, 1.807) is 6.92 Å². The highest BCUT2D eigenvalue weighted by Crippen LogP contribution is 2.28. The van der Waals surface area contributed by atoms with Gasteiger partial charge in [0.1, 0.15) is 11.6 Å². The molecule has 0 radical (unpaired) electrons. The summed E-state index contributed by atoms with van der Waals surface area (Å²) in [4.78, 5) is 0. The molecule has 0 saturated carbocycles. The molecular weight excluding hydrogens is 264 g/mol. The maximum Gasteiger partial charge on any atom is 0.159 e. The first kappa shape index (κ1) is 15.4. The molecule has 20 heavy (non-hydrogen) atoms. The SMILES string of the molecule is CCCNC(CC1OCCO1)c1c(F)ccc(C)c1F. The van der Waals surface area contributed by atoms with Gasteiger partial charge >= 0.3 is 0 Å². The van der Waals surface area contributed by atoms with E-state index in [0.29, 0.717) is 31.7 Å². The summed E-state index contributed by atoms with van der Waals surface area (Å²) >= 11 is 0. The van der Waals surface area contributed by atoms with Gasteiger partial charge in [0.25, 0.3) is 0 Å². The quantitative estimate of drug-likeness (QED) is 0.871. The average molecular weight is 285 g/mol. The Morgan fingerprint density at radius 3 is 2.65 bits per heavy atom. The van der Waals surface area contributed by atoms with E-state index in [0.717, 1.165) is 6.42 Å². The number of ether oxygens (including phenoxy) is 2. The fourth-order valence-electron chi connectivity index (χ4n) is 2.36. The summed E-state index contributed by atoms with van der Waals surface area (Å²) < 4.78 is 39.0. The van der Waals surface area contributed by atoms with E-state index >= 15 is 0 Å². The number of benzene rings is 1. The monoisotopic (exact) mass is 285 g/mol. The number of hydrogen-bond acceptors (Lipinski definition) is 3. The molecule has 2 rings (SSSR count). The summed E-state index contributed by atoms with van der Waals surface area (Å²) in [6, 6.07) is 2.32. The zero-order chi connectivity index (χ0) is 14.5. The van der Waals surface area contributed by atoms with Crippen molar-refractivity contribution in [3.05, 3.63) is 34.9 Å². The van der Waals surface area contributed by atoms with Crippen molar-refractivity contribution in [1.29, 1.82) is 0 Å². The minimum Gasteiger partial charge on any atom is -0.350 e. The Hall–Kier alpha value is -1.04. The van der Waals surface area contributed by atoms with E-state index in [1.165, 1.54) is 12.1 Å². The number of aryl methyl sites for hydroxylation is 1. The largest absolute Gasteiger partial charge is 0.350 e. The van der Waals surface area contributed by atoms with Crippen LogP contribution in [0.5, 0.6) is 0 Å². The minimum atomic E-state index is -0.528. The second kappa shape index (κ2) is 7.11. The van der Waals surface area contributed by atoms with Crippen LogP contribution in [0.3, 0.4) is 0 Å². The van der Waals surface area contributed by atoms with Crippen LogP contribution in [0, 0.1) is 18.6 Å². The number of rotatable bonds is 6. The van der Waals surface area contributed by atoms with Gasteiger partial charge in [-0.2, -0.15) is 0 Å². The van der Waals surface area contributed by atoms with Gasteiger partial charge in [-0.3, -0.25) is 0 Å². The lowest BCUT2D eigenvalue weighted by atomic mass is 9.99. The molecule has 0 aliphatic carbocycles. The standard InChI is InChI=1S/C15H21F2NO2/c1-3-6-18-12(9-13-19-7-8-20-13)14-11(16)5-4-10(2)15(14)17/h4-5,12-13,18H,3,6-9H2,1-2H3. The summed E-state index contributed by atoms with van der Waals surface area (Å²) in [5, 5.41) is 3.18. The Bertz CT molecular complexity index is 448. The van der Waals surface area contributed by atoms with Crippen LogP contribution in [0.2, 0.25) is 0 Å². The van der Waals surface area contributed by atoms with Crippen molar-refractivity contribution in [2.75, 3.05) is 19.8 Å². The maximum absolute atomic E-state index is 14.3. The summed E-state index contributed by atoms with van der Waals surface area (Å²) in [5.74, 6) is -1.02. The molecule has 0 spiro atoms. The van der Waals surface area contributed by atoms with Crippen molar-refractivity contribution in [3.8, 4) is 0 Å². The summed E-state index contributed by atoms with van der Waals surface area (Å²) in [6.07, 6.45) is 0.888. The first-order valence-corrected chi connectivity index (χ1v) is 7.04. The van der Waals surface area contributed by atoms with E-state index in [2.05, 4.69) is 5.32 Å². The van der Waals surface area contributed by atoms with Gasteiger partial charge < -0.3 is 14.8 Å². The topological polar surface area (TPSA) is 30.5 Å². The van der Waals surface area contributed by atoms with Crippen molar-refractivity contribution in [3.63, 3.8) is 0 Å². The Balaban J connectivity index is 2.22. The molecule has 5 heteroatoms. The predicted octanol–water partition coefficient (Wildman–Crippen LogP) is 3.08. The van der Waals surface area contributed by atoms with Crippen LogP contribution >= 0.6 is 0 Å². The van der Waals surface area contributed by atoms with Crippen molar-refractivity contribution >= 4 is 0 Å². The van der Waals surface area contributed by atoms with Gasteiger partial charge in [-0.1, -0.05) is 13.0 Å². The van der Waals surface area contributed by atoms with E-state index < -0.39 is 24.0 Å². The average Bonchev–Trinajstić information content (AvgIpc) is 2.93. The number of hydrogen-bond donors (Lipinski definition) is 1. The second-order valence-corrected chi connectivity index (χ2v) is 5.01. The minimum absolute atomic E-state index is 0.0811. The fourth-order valence-corrected chi connectivity index (χ4v) is 2.36. The van der Waals surface area contributed by atoms with Crippen LogP contribution in [0.25, 0.3) is 0 Å². The van der Waals surface area contributed by atoms with Crippen LogP contribution in [0.15, 0.2) is 12.1 Å². The molecule has 1 atom stereocenters. The molecule has 1 saturated heterocycles. The number of halogens is 2. The fraction of sp³-hybridized carbons (Fsp3) is 0.600. The molecule has 1 heterocycles. The number of nitrogens with one attached hydrogen (secondary N) is 1. The lowest BCUT2D eigenvalue weighted by molar-refractivity contribution is -0.0533. The summed E-state index contributed by atoms with van der Waals surface area (Å²) in [6.45, 7) is 5.39. The third kappa shape index (κ3) is 3.53. The van der Waals surface area contributed by atoms with E-state index in [1.807, 2.05) is 6.92 Å². The van der Waals surface area contributed by atoms with E-state index in [9.17, 15) is 8.78 Å². The highest BCUT2D eigenvalue weighted by molar-refractivity contribution is 5.29. The van der Waals surface area contributed by atoms with E-state index in [-0.39, 0.29) is 5.56 Å². The molecule has 1 fully saturated rings. The lowest BCUT2D eigenvalue weighted by Crippen LogP contribution is -2.28. The first-order valence-electron chi connectivity index (χ1n) is 7.04. The van der Waals surface area contributed by atoms with Crippen LogP contribution < -0.4 is 5.32 Å². The Morgan fingerprint density at radius 2 is 2.00 bits per heavy atom. The molecule has 0 bridgehead atoms. The molecule has 1 N–H and O–H groups in total. The van der Waals surface area contributed by atoms with Crippen molar-refractivity contribution < 1.29 is 18.3 Å². The second-order valence-electron chi connectivity index (χ2n) is 5.01. The molecule has 0 aromatic heterocycles. The molecule has 112 valence electrons. The van der Waals surface area contributed by atoms with E-state index in [4.69, 9.17) is 9.47 Å². The molecular formula is C15H21F2NO2. The third-order valence-corrected chi connectivity index (χ3v) is 3.43. The molecule has 1 aliphatic rings. The van der Waals surface area contributed by atoms with Gasteiger partial charge in [-0.25, -0.2) is 8.78 Å². The molecule has 1 aliphatic heterocycles. The summed E-state index contributed by atoms with van der Waals surface area (Å²) in [7, 11) is 0. The highest BCUT2D eigenvalue weighted by atomic mass is 19.1. The first-order chi connectivity index (χ1) is 9.63. The molecule has 1 aromatic carbocycles. The van der Waals surface area contributed by atoms with Crippen molar-refractivity contribution in [2.45, 2.75) is 39.0 Å². The Morgan fingerprint density at radius 1 is 1.30 bits per heavy atom. The van der Waals surface area contributed by atoms with Crippen LogP contribution in [-0.2, 0) is 9.47 Å². The molecule has 1 aromatic rings. The Labute approximate surface area is 118 Å². The zero-order valence-electron chi connectivity index (χ0n) is 11.9. The van der Waals surface area contributed by atoms with Gasteiger partial charge in [0.05, 0.1) is 13.2 Å². The zero-order valence-corrected chi connectivity index (χ0v) is 11.9. The normalized spacial score (nSPS) is 17.6. The van der Waals surface area contributed by atoms with Crippen LogP contribution in [-0.4, -0.2) is 26.0 Å². The van der Waals surface area contributed by atoms with Gasteiger partial charge in [0, 0.05) is 18.0 Å².